The fraction of sp³-hybridized carbons (Fsp3) is 0. The SMILES string of the molecule is O=[N+]([O-])c1cccc(C=Nc2ccc3oc(-c4ccc(I)cc4)nc3c2)c1. The molecule has 1 heterocycles. The Morgan fingerprint density at radius 2 is 1.89 bits per heavy atom. The van der Waals surface area contributed by atoms with Gasteiger partial charge in [0.1, 0.15) is 5.52 Å². The van der Waals surface area contributed by atoms with Gasteiger partial charge in [0.15, 0.2) is 5.58 Å². The Kier molecular flexibility index (Phi) is 4.68. The molecule has 0 saturated heterocycles. The lowest BCUT2D eigenvalue weighted by Gasteiger charge is -1.95. The number of oxazole rings is 1. The number of fused-ring (bicyclic) bond motifs is 1. The van der Waals surface area contributed by atoms with Crippen LogP contribution in [0.3, 0.4) is 0 Å². The van der Waals surface area contributed by atoms with Gasteiger partial charge >= 0.3 is 0 Å². The van der Waals surface area contributed by atoms with Gasteiger partial charge in [-0.1, -0.05) is 12.1 Å². The first-order valence-corrected chi connectivity index (χ1v) is 9.11. The molecule has 0 atom stereocenters. The highest BCUT2D eigenvalue weighted by molar-refractivity contribution is 14.1. The predicted molar refractivity (Wildman–Crippen MR) is 113 cm³/mol. The van der Waals surface area contributed by atoms with E-state index in [4.69, 9.17) is 4.42 Å². The molecule has 0 bridgehead atoms. The molecule has 0 fully saturated rings. The lowest BCUT2D eigenvalue weighted by Crippen LogP contribution is -1.89. The number of rotatable bonds is 4. The van der Waals surface area contributed by atoms with E-state index in [0.717, 1.165) is 9.13 Å². The second-order valence-electron chi connectivity index (χ2n) is 5.79. The van der Waals surface area contributed by atoms with Crippen LogP contribution in [0.25, 0.3) is 22.6 Å². The second kappa shape index (κ2) is 7.28. The Morgan fingerprint density at radius 1 is 1.07 bits per heavy atom. The summed E-state index contributed by atoms with van der Waals surface area (Å²) in [6.07, 6.45) is 1.59. The van der Waals surface area contributed by atoms with Crippen LogP contribution < -0.4 is 0 Å². The number of aromatic nitrogens is 1. The number of aliphatic imine (C=N–C) groups is 1. The zero-order chi connectivity index (χ0) is 18.8. The van der Waals surface area contributed by atoms with Crippen LogP contribution >= 0.6 is 22.6 Å². The van der Waals surface area contributed by atoms with Crippen LogP contribution in [-0.2, 0) is 0 Å². The van der Waals surface area contributed by atoms with Crippen molar-refractivity contribution in [3.8, 4) is 11.5 Å². The van der Waals surface area contributed by atoms with Crippen LogP contribution in [0, 0.1) is 13.7 Å². The molecule has 1 aromatic heterocycles. The van der Waals surface area contributed by atoms with Gasteiger partial charge in [-0.2, -0.15) is 0 Å². The van der Waals surface area contributed by atoms with Gasteiger partial charge < -0.3 is 4.42 Å². The molecule has 6 nitrogen and oxygen atoms in total. The summed E-state index contributed by atoms with van der Waals surface area (Å²) in [6.45, 7) is 0. The summed E-state index contributed by atoms with van der Waals surface area (Å²) < 4.78 is 6.96. The number of nitro benzene ring substituents is 1. The standard InChI is InChI=1S/C20H12IN3O3/c21-15-6-4-14(5-7-15)20-23-18-11-16(8-9-19(18)27-20)22-12-13-2-1-3-17(10-13)24(25)26/h1-12H. The Balaban J connectivity index is 1.62. The first-order chi connectivity index (χ1) is 13.1. The van der Waals surface area contributed by atoms with E-state index in [1.54, 1.807) is 18.3 Å². The Hall–Kier alpha value is -3.07. The van der Waals surface area contributed by atoms with Crippen molar-refractivity contribution in [3.05, 3.63) is 86.0 Å². The zero-order valence-corrected chi connectivity index (χ0v) is 16.0. The molecule has 7 heteroatoms. The summed E-state index contributed by atoms with van der Waals surface area (Å²) >= 11 is 2.25. The van der Waals surface area contributed by atoms with Crippen LogP contribution in [0.1, 0.15) is 5.56 Å². The van der Waals surface area contributed by atoms with E-state index in [2.05, 4.69) is 32.6 Å². The van der Waals surface area contributed by atoms with Crippen LogP contribution in [0.15, 0.2) is 76.1 Å². The molecular formula is C20H12IN3O3. The van der Waals surface area contributed by atoms with E-state index in [1.165, 1.54) is 12.1 Å². The van der Waals surface area contributed by atoms with Crippen LogP contribution in [0.5, 0.6) is 0 Å². The van der Waals surface area contributed by atoms with Crippen molar-refractivity contribution in [2.45, 2.75) is 0 Å². The minimum Gasteiger partial charge on any atom is -0.436 e. The number of benzene rings is 3. The van der Waals surface area contributed by atoms with Gasteiger partial charge in [-0.25, -0.2) is 4.98 Å². The number of nitro groups is 1. The normalized spacial score (nSPS) is 11.3. The Morgan fingerprint density at radius 3 is 2.67 bits per heavy atom. The zero-order valence-electron chi connectivity index (χ0n) is 13.9. The van der Waals surface area contributed by atoms with Crippen molar-refractivity contribution in [1.29, 1.82) is 0 Å². The first kappa shape index (κ1) is 17.3. The van der Waals surface area contributed by atoms with Crippen molar-refractivity contribution in [2.75, 3.05) is 0 Å². The quantitative estimate of drug-likeness (QED) is 0.165. The molecule has 0 aliphatic rings. The van der Waals surface area contributed by atoms with Gasteiger partial charge in [-0.15, -0.1) is 0 Å². The number of non-ortho nitro benzene ring substituents is 1. The maximum Gasteiger partial charge on any atom is 0.270 e. The summed E-state index contributed by atoms with van der Waals surface area (Å²) in [5.74, 6) is 0.557. The van der Waals surface area contributed by atoms with Crippen molar-refractivity contribution in [2.24, 2.45) is 4.99 Å². The molecule has 0 radical (unpaired) electrons. The largest absolute Gasteiger partial charge is 0.436 e. The number of halogens is 1. The van der Waals surface area contributed by atoms with Gasteiger partial charge in [0.2, 0.25) is 5.89 Å². The third-order valence-electron chi connectivity index (χ3n) is 3.91. The number of hydrogen-bond donors (Lipinski definition) is 0. The lowest BCUT2D eigenvalue weighted by atomic mass is 10.2. The molecule has 0 amide bonds. The van der Waals surface area contributed by atoms with Crippen LogP contribution in [0.4, 0.5) is 11.4 Å². The van der Waals surface area contributed by atoms with Crippen LogP contribution in [0.2, 0.25) is 0 Å². The van der Waals surface area contributed by atoms with E-state index in [0.29, 0.717) is 28.2 Å². The van der Waals surface area contributed by atoms with Crippen molar-refractivity contribution < 1.29 is 9.34 Å². The molecule has 0 saturated carbocycles. The van der Waals surface area contributed by atoms with E-state index >= 15 is 0 Å². The maximum absolute atomic E-state index is 10.9. The average molecular weight is 469 g/mol. The summed E-state index contributed by atoms with van der Waals surface area (Å²) in [5, 5.41) is 10.9. The minimum atomic E-state index is -0.426. The van der Waals surface area contributed by atoms with Crippen molar-refractivity contribution in [1.82, 2.24) is 4.98 Å². The molecule has 0 aliphatic heterocycles. The maximum atomic E-state index is 10.9. The lowest BCUT2D eigenvalue weighted by molar-refractivity contribution is -0.384. The molecule has 0 spiro atoms. The molecule has 0 aliphatic carbocycles. The van der Waals surface area contributed by atoms with Gasteiger partial charge in [0.05, 0.1) is 10.6 Å². The Labute approximate surface area is 167 Å². The fourth-order valence-corrected chi connectivity index (χ4v) is 2.94. The van der Waals surface area contributed by atoms with E-state index in [9.17, 15) is 10.1 Å². The fourth-order valence-electron chi connectivity index (χ4n) is 2.58. The van der Waals surface area contributed by atoms with E-state index in [-0.39, 0.29) is 5.69 Å². The third kappa shape index (κ3) is 3.87. The monoisotopic (exact) mass is 469 g/mol. The molecule has 0 N–H and O–H groups in total. The summed E-state index contributed by atoms with van der Waals surface area (Å²) in [7, 11) is 0. The molecule has 4 rings (SSSR count). The summed E-state index contributed by atoms with van der Waals surface area (Å²) in [5.41, 5.74) is 3.68. The smallest absolute Gasteiger partial charge is 0.270 e. The van der Waals surface area contributed by atoms with Gasteiger partial charge in [-0.05, 0) is 70.6 Å². The van der Waals surface area contributed by atoms with Gasteiger partial charge in [-0.3, -0.25) is 15.1 Å². The predicted octanol–water partition coefficient (Wildman–Crippen LogP) is 5.76. The third-order valence-corrected chi connectivity index (χ3v) is 4.63. The van der Waals surface area contributed by atoms with Gasteiger partial charge in [0.25, 0.3) is 5.69 Å². The summed E-state index contributed by atoms with van der Waals surface area (Å²) in [4.78, 5) is 19.4. The summed E-state index contributed by atoms with van der Waals surface area (Å²) in [6, 6.07) is 19.7. The first-order valence-electron chi connectivity index (χ1n) is 8.03. The highest BCUT2D eigenvalue weighted by atomic mass is 127. The Bertz CT molecular complexity index is 1170. The van der Waals surface area contributed by atoms with E-state index in [1.807, 2.05) is 42.5 Å². The molecule has 132 valence electrons. The van der Waals surface area contributed by atoms with Crippen LogP contribution in [-0.4, -0.2) is 16.1 Å². The van der Waals surface area contributed by atoms with Crippen molar-refractivity contribution >= 4 is 51.3 Å². The number of nitrogens with zero attached hydrogens (tertiary/aromatic N) is 3. The topological polar surface area (TPSA) is 81.5 Å². The highest BCUT2D eigenvalue weighted by Gasteiger charge is 2.09. The average Bonchev–Trinajstić information content (AvgIpc) is 3.10. The van der Waals surface area contributed by atoms with E-state index < -0.39 is 4.92 Å². The molecule has 3 aromatic carbocycles. The number of hydrogen-bond acceptors (Lipinski definition) is 5. The molecular weight excluding hydrogens is 457 g/mol. The highest BCUT2D eigenvalue weighted by Crippen LogP contribution is 2.27. The second-order valence-corrected chi connectivity index (χ2v) is 7.03. The van der Waals surface area contributed by atoms with Crippen molar-refractivity contribution in [3.63, 3.8) is 0 Å². The molecule has 0 unspecified atom stereocenters. The molecule has 4 aromatic rings. The minimum absolute atomic E-state index is 0.0352. The molecule has 27 heavy (non-hydrogen) atoms. The van der Waals surface area contributed by atoms with Gasteiger partial charge in [0, 0.05) is 27.5 Å².